The van der Waals surface area contributed by atoms with Crippen LogP contribution in [-0.2, 0) is 0 Å². The molecule has 2 aromatic rings. The summed E-state index contributed by atoms with van der Waals surface area (Å²) >= 11 is 6.02. The Kier molecular flexibility index (Phi) is 2.17. The van der Waals surface area contributed by atoms with E-state index in [0.29, 0.717) is 16.7 Å². The Labute approximate surface area is 86.9 Å². The van der Waals surface area contributed by atoms with Crippen molar-refractivity contribution in [3.63, 3.8) is 0 Å². The molecule has 0 aliphatic heterocycles. The molecule has 1 heterocycles. The molecule has 0 fully saturated rings. The minimum absolute atomic E-state index is 0.514. The summed E-state index contributed by atoms with van der Waals surface area (Å²) in [6.07, 6.45) is 0. The molecule has 1 aromatic heterocycles. The zero-order chi connectivity index (χ0) is 10.1. The second kappa shape index (κ2) is 3.35. The van der Waals surface area contributed by atoms with Crippen LogP contribution in [0.5, 0.6) is 0 Å². The van der Waals surface area contributed by atoms with Gasteiger partial charge < -0.3 is 10.7 Å². The van der Waals surface area contributed by atoms with E-state index in [9.17, 15) is 0 Å². The van der Waals surface area contributed by atoms with Crippen LogP contribution in [0.3, 0.4) is 0 Å². The number of hydrogen-bond acceptors (Lipinski definition) is 2. The normalized spacial score (nSPS) is 10.4. The van der Waals surface area contributed by atoms with E-state index < -0.39 is 0 Å². The van der Waals surface area contributed by atoms with E-state index in [-0.39, 0.29) is 0 Å². The number of nitrogens with zero attached hydrogens (tertiary/aromatic N) is 1. The van der Waals surface area contributed by atoms with Crippen molar-refractivity contribution in [2.45, 2.75) is 6.92 Å². The smallest absolute Gasteiger partial charge is 0.145 e. The molecule has 3 N–H and O–H groups in total. The number of nitrogen functional groups attached to an aromatic ring is 1. The summed E-state index contributed by atoms with van der Waals surface area (Å²) in [6.45, 7) is 1.88. The highest BCUT2D eigenvalue weighted by Crippen LogP contribution is 2.26. The maximum Gasteiger partial charge on any atom is 0.145 e. The number of H-pyrrole nitrogens is 1. The highest BCUT2D eigenvalue weighted by atomic mass is 35.5. The van der Waals surface area contributed by atoms with Crippen LogP contribution in [0.15, 0.2) is 24.3 Å². The van der Waals surface area contributed by atoms with E-state index in [4.69, 9.17) is 17.3 Å². The average Bonchev–Trinajstić information content (AvgIpc) is 2.48. The van der Waals surface area contributed by atoms with Gasteiger partial charge in [0.25, 0.3) is 0 Å². The molecule has 0 aliphatic rings. The van der Waals surface area contributed by atoms with Crippen molar-refractivity contribution < 1.29 is 0 Å². The maximum atomic E-state index is 6.02. The first kappa shape index (κ1) is 9.09. The van der Waals surface area contributed by atoms with Gasteiger partial charge in [-0.05, 0) is 19.1 Å². The molecular formula is C10H10ClN3. The first-order valence-corrected chi connectivity index (χ1v) is 4.63. The minimum Gasteiger partial charge on any atom is -0.382 e. The summed E-state index contributed by atoms with van der Waals surface area (Å²) in [7, 11) is 0. The van der Waals surface area contributed by atoms with Crippen molar-refractivity contribution in [1.82, 2.24) is 9.97 Å². The van der Waals surface area contributed by atoms with Crippen LogP contribution in [0.2, 0.25) is 5.02 Å². The van der Waals surface area contributed by atoms with Crippen LogP contribution >= 0.6 is 11.6 Å². The van der Waals surface area contributed by atoms with Crippen molar-refractivity contribution in [2.75, 3.05) is 5.73 Å². The summed E-state index contributed by atoms with van der Waals surface area (Å²) in [4.78, 5) is 7.26. The Morgan fingerprint density at radius 2 is 2.07 bits per heavy atom. The van der Waals surface area contributed by atoms with Crippen LogP contribution in [0.4, 0.5) is 5.82 Å². The van der Waals surface area contributed by atoms with Crippen LogP contribution in [-0.4, -0.2) is 9.97 Å². The second-order valence-electron chi connectivity index (χ2n) is 3.08. The number of halogens is 1. The first-order chi connectivity index (χ1) is 6.68. The standard InChI is InChI=1S/C10H10ClN3/c1-6-9(12)14-10(13-6)7-4-2-3-5-8(7)11/h2-5H,12H2,1H3,(H,13,14). The molecule has 3 nitrogen and oxygen atoms in total. The molecule has 0 spiro atoms. The van der Waals surface area contributed by atoms with Crippen LogP contribution in [0.25, 0.3) is 11.4 Å². The Morgan fingerprint density at radius 1 is 1.36 bits per heavy atom. The van der Waals surface area contributed by atoms with E-state index in [1.165, 1.54) is 0 Å². The number of aromatic amines is 1. The van der Waals surface area contributed by atoms with E-state index in [0.717, 1.165) is 11.3 Å². The third-order valence-corrected chi connectivity index (χ3v) is 2.38. The fourth-order valence-electron chi connectivity index (χ4n) is 1.25. The van der Waals surface area contributed by atoms with Gasteiger partial charge >= 0.3 is 0 Å². The van der Waals surface area contributed by atoms with E-state index in [1.54, 1.807) is 0 Å². The molecule has 0 radical (unpaired) electrons. The molecule has 0 atom stereocenters. The maximum absolute atomic E-state index is 6.02. The lowest BCUT2D eigenvalue weighted by molar-refractivity contribution is 1.26. The van der Waals surface area contributed by atoms with Crippen molar-refractivity contribution >= 4 is 17.4 Å². The van der Waals surface area contributed by atoms with E-state index in [2.05, 4.69) is 9.97 Å². The molecule has 14 heavy (non-hydrogen) atoms. The van der Waals surface area contributed by atoms with Gasteiger partial charge in [-0.2, -0.15) is 0 Å². The van der Waals surface area contributed by atoms with Gasteiger partial charge in [0.05, 0.1) is 10.7 Å². The third kappa shape index (κ3) is 1.46. The van der Waals surface area contributed by atoms with Gasteiger partial charge in [-0.15, -0.1) is 0 Å². The SMILES string of the molecule is Cc1[nH]c(-c2ccccc2Cl)nc1N. The van der Waals surface area contributed by atoms with Gasteiger partial charge in [0.15, 0.2) is 0 Å². The number of hydrogen-bond donors (Lipinski definition) is 2. The largest absolute Gasteiger partial charge is 0.382 e. The van der Waals surface area contributed by atoms with E-state index >= 15 is 0 Å². The van der Waals surface area contributed by atoms with Crippen molar-refractivity contribution in [1.29, 1.82) is 0 Å². The monoisotopic (exact) mass is 207 g/mol. The molecule has 0 saturated heterocycles. The summed E-state index contributed by atoms with van der Waals surface area (Å²) in [6, 6.07) is 7.52. The lowest BCUT2D eigenvalue weighted by Gasteiger charge is -1.98. The molecule has 0 amide bonds. The third-order valence-electron chi connectivity index (χ3n) is 2.05. The molecule has 0 saturated carbocycles. The van der Waals surface area contributed by atoms with Gasteiger partial charge in [-0.3, -0.25) is 0 Å². The Balaban J connectivity index is 2.55. The molecule has 72 valence electrons. The lowest BCUT2D eigenvalue weighted by atomic mass is 10.2. The number of benzene rings is 1. The van der Waals surface area contributed by atoms with E-state index in [1.807, 2.05) is 31.2 Å². The summed E-state index contributed by atoms with van der Waals surface area (Å²) in [5.74, 6) is 1.23. The highest BCUT2D eigenvalue weighted by Gasteiger charge is 2.07. The fraction of sp³-hybridized carbons (Fsp3) is 0.100. The van der Waals surface area contributed by atoms with Crippen LogP contribution < -0.4 is 5.73 Å². The molecule has 0 aliphatic carbocycles. The van der Waals surface area contributed by atoms with Gasteiger partial charge in [-0.25, -0.2) is 4.98 Å². The van der Waals surface area contributed by atoms with Crippen molar-refractivity contribution in [3.8, 4) is 11.4 Å². The Hall–Kier alpha value is -1.48. The van der Waals surface area contributed by atoms with Crippen LogP contribution in [0.1, 0.15) is 5.69 Å². The van der Waals surface area contributed by atoms with Gasteiger partial charge in [-0.1, -0.05) is 23.7 Å². The molecule has 0 bridgehead atoms. The fourth-order valence-corrected chi connectivity index (χ4v) is 1.48. The summed E-state index contributed by atoms with van der Waals surface area (Å²) in [5, 5.41) is 0.668. The zero-order valence-electron chi connectivity index (χ0n) is 7.71. The highest BCUT2D eigenvalue weighted by molar-refractivity contribution is 6.33. The van der Waals surface area contributed by atoms with Crippen LogP contribution in [0, 0.1) is 6.92 Å². The number of nitrogens with two attached hydrogens (primary N) is 1. The van der Waals surface area contributed by atoms with Gasteiger partial charge in [0.2, 0.25) is 0 Å². The van der Waals surface area contributed by atoms with Gasteiger partial charge in [0.1, 0.15) is 11.6 Å². The quantitative estimate of drug-likeness (QED) is 0.755. The number of aryl methyl sites for hydroxylation is 1. The number of aromatic nitrogens is 2. The average molecular weight is 208 g/mol. The molecular weight excluding hydrogens is 198 g/mol. The Morgan fingerprint density at radius 3 is 2.64 bits per heavy atom. The van der Waals surface area contributed by atoms with Crippen molar-refractivity contribution in [3.05, 3.63) is 35.0 Å². The minimum atomic E-state index is 0.514. The number of nitrogens with one attached hydrogen (secondary N) is 1. The predicted octanol–water partition coefficient (Wildman–Crippen LogP) is 2.62. The molecule has 2 rings (SSSR count). The topological polar surface area (TPSA) is 54.7 Å². The lowest BCUT2D eigenvalue weighted by Crippen LogP contribution is -1.86. The number of anilines is 1. The predicted molar refractivity (Wildman–Crippen MR) is 58.2 cm³/mol. The summed E-state index contributed by atoms with van der Waals surface area (Å²) in [5.41, 5.74) is 7.37. The molecule has 4 heteroatoms. The zero-order valence-corrected chi connectivity index (χ0v) is 8.47. The first-order valence-electron chi connectivity index (χ1n) is 4.25. The molecule has 0 unspecified atom stereocenters. The number of imidazole rings is 1. The van der Waals surface area contributed by atoms with Crippen molar-refractivity contribution in [2.24, 2.45) is 0 Å². The Bertz CT molecular complexity index is 443. The molecule has 1 aromatic carbocycles. The summed E-state index contributed by atoms with van der Waals surface area (Å²) < 4.78 is 0. The number of rotatable bonds is 1. The van der Waals surface area contributed by atoms with Gasteiger partial charge in [0, 0.05) is 5.56 Å². The second-order valence-corrected chi connectivity index (χ2v) is 3.48.